The summed E-state index contributed by atoms with van der Waals surface area (Å²) in [6.07, 6.45) is -2.24. The topological polar surface area (TPSA) is 99.9 Å². The number of aromatic nitrogens is 1. The summed E-state index contributed by atoms with van der Waals surface area (Å²) < 4.78 is 4.75. The molecule has 0 saturated heterocycles. The summed E-state index contributed by atoms with van der Waals surface area (Å²) in [6.45, 7) is 1.71. The van der Waals surface area contributed by atoms with E-state index in [9.17, 15) is 15.0 Å². The summed E-state index contributed by atoms with van der Waals surface area (Å²) in [6, 6.07) is 0. The Labute approximate surface area is 103 Å². The third-order valence-corrected chi connectivity index (χ3v) is 2.96. The predicted octanol–water partition coefficient (Wildman–Crippen LogP) is 0.0965. The molecular formula is C10H15NO5S. The molecule has 0 saturated carbocycles. The van der Waals surface area contributed by atoms with Gasteiger partial charge in [-0.2, -0.15) is 0 Å². The number of thiazole rings is 1. The molecule has 0 radical (unpaired) electrons. The van der Waals surface area contributed by atoms with E-state index < -0.39 is 18.2 Å². The number of esters is 1. The van der Waals surface area contributed by atoms with Crippen LogP contribution in [0.3, 0.4) is 0 Å². The summed E-state index contributed by atoms with van der Waals surface area (Å²) in [5.74, 6) is -0.557. The van der Waals surface area contributed by atoms with Crippen LogP contribution < -0.4 is 0 Å². The van der Waals surface area contributed by atoms with E-state index in [0.717, 1.165) is 11.3 Å². The molecule has 2 atom stereocenters. The van der Waals surface area contributed by atoms with Gasteiger partial charge in [-0.1, -0.05) is 0 Å². The van der Waals surface area contributed by atoms with Crippen LogP contribution in [0.2, 0.25) is 0 Å². The maximum Gasteiger partial charge on any atom is 0.357 e. The Kier molecular flexibility index (Phi) is 5.49. The Morgan fingerprint density at radius 2 is 2.29 bits per heavy atom. The van der Waals surface area contributed by atoms with Crippen LogP contribution in [-0.2, 0) is 4.74 Å². The quantitative estimate of drug-likeness (QED) is 0.628. The van der Waals surface area contributed by atoms with E-state index >= 15 is 0 Å². The van der Waals surface area contributed by atoms with E-state index in [-0.39, 0.29) is 30.3 Å². The maximum absolute atomic E-state index is 11.3. The summed E-state index contributed by atoms with van der Waals surface area (Å²) in [4.78, 5) is 15.2. The first kappa shape index (κ1) is 14.0. The zero-order valence-electron chi connectivity index (χ0n) is 9.37. The molecule has 0 aromatic carbocycles. The van der Waals surface area contributed by atoms with Crippen molar-refractivity contribution in [1.29, 1.82) is 0 Å². The fourth-order valence-corrected chi connectivity index (χ4v) is 2.01. The van der Waals surface area contributed by atoms with Crippen molar-refractivity contribution in [1.82, 2.24) is 4.98 Å². The largest absolute Gasteiger partial charge is 0.461 e. The van der Waals surface area contributed by atoms with Gasteiger partial charge in [-0.05, 0) is 13.3 Å². The molecule has 0 amide bonds. The number of ether oxygens (including phenoxy) is 1. The Morgan fingerprint density at radius 1 is 1.59 bits per heavy atom. The van der Waals surface area contributed by atoms with Gasteiger partial charge in [-0.3, -0.25) is 0 Å². The molecule has 2 unspecified atom stereocenters. The number of hydrogen-bond donors (Lipinski definition) is 3. The molecule has 1 aromatic heterocycles. The molecule has 0 spiro atoms. The SMILES string of the molecule is CCOC(=O)c1csc(C(O)C(O)CCO)n1. The van der Waals surface area contributed by atoms with Crippen LogP contribution in [0.4, 0.5) is 0 Å². The van der Waals surface area contributed by atoms with E-state index in [0.29, 0.717) is 0 Å². The van der Waals surface area contributed by atoms with Gasteiger partial charge in [0.2, 0.25) is 0 Å². The average molecular weight is 261 g/mol. The lowest BCUT2D eigenvalue weighted by atomic mass is 10.1. The van der Waals surface area contributed by atoms with Gasteiger partial charge in [-0.15, -0.1) is 11.3 Å². The van der Waals surface area contributed by atoms with Gasteiger partial charge in [0.05, 0.1) is 12.7 Å². The van der Waals surface area contributed by atoms with Crippen LogP contribution in [0.5, 0.6) is 0 Å². The summed E-state index contributed by atoms with van der Waals surface area (Å²) in [5, 5.41) is 29.5. The second kappa shape index (κ2) is 6.65. The molecular weight excluding hydrogens is 246 g/mol. The van der Waals surface area contributed by atoms with Gasteiger partial charge in [0.1, 0.15) is 11.1 Å². The fraction of sp³-hybridized carbons (Fsp3) is 0.600. The molecule has 17 heavy (non-hydrogen) atoms. The molecule has 0 aliphatic carbocycles. The van der Waals surface area contributed by atoms with Crippen LogP contribution in [0.25, 0.3) is 0 Å². The molecule has 7 heteroatoms. The number of hydrogen-bond acceptors (Lipinski definition) is 7. The molecule has 0 aliphatic heterocycles. The smallest absolute Gasteiger partial charge is 0.357 e. The average Bonchev–Trinajstić information content (AvgIpc) is 2.78. The van der Waals surface area contributed by atoms with Crippen molar-refractivity contribution >= 4 is 17.3 Å². The van der Waals surface area contributed by atoms with Crippen molar-refractivity contribution < 1.29 is 24.9 Å². The highest BCUT2D eigenvalue weighted by Crippen LogP contribution is 2.22. The van der Waals surface area contributed by atoms with Gasteiger partial charge >= 0.3 is 5.97 Å². The first-order valence-corrected chi connectivity index (χ1v) is 6.07. The molecule has 6 nitrogen and oxygen atoms in total. The number of aliphatic hydroxyl groups excluding tert-OH is 3. The van der Waals surface area contributed by atoms with E-state index in [2.05, 4.69) is 4.98 Å². The van der Waals surface area contributed by atoms with Crippen molar-refractivity contribution in [3.8, 4) is 0 Å². The van der Waals surface area contributed by atoms with Crippen molar-refractivity contribution in [2.45, 2.75) is 25.6 Å². The highest BCUT2D eigenvalue weighted by atomic mass is 32.1. The molecule has 1 heterocycles. The van der Waals surface area contributed by atoms with Crippen molar-refractivity contribution in [3.05, 3.63) is 16.1 Å². The van der Waals surface area contributed by atoms with Crippen molar-refractivity contribution in [2.75, 3.05) is 13.2 Å². The third-order valence-electron chi connectivity index (χ3n) is 2.05. The lowest BCUT2D eigenvalue weighted by Gasteiger charge is -2.13. The first-order chi connectivity index (χ1) is 8.10. The number of carbonyl (C=O) groups is 1. The number of aliphatic hydroxyl groups is 3. The lowest BCUT2D eigenvalue weighted by Crippen LogP contribution is -2.19. The molecule has 3 N–H and O–H groups in total. The summed E-state index contributed by atoms with van der Waals surface area (Å²) >= 11 is 1.06. The number of rotatable bonds is 6. The van der Waals surface area contributed by atoms with Crippen LogP contribution >= 0.6 is 11.3 Å². The van der Waals surface area contributed by atoms with E-state index in [4.69, 9.17) is 9.84 Å². The molecule has 0 fully saturated rings. The van der Waals surface area contributed by atoms with Crippen LogP contribution in [0.1, 0.15) is 34.9 Å². The monoisotopic (exact) mass is 261 g/mol. The highest BCUT2D eigenvalue weighted by Gasteiger charge is 2.22. The maximum atomic E-state index is 11.3. The van der Waals surface area contributed by atoms with E-state index in [1.165, 1.54) is 5.38 Å². The van der Waals surface area contributed by atoms with E-state index in [1.807, 2.05) is 0 Å². The summed E-state index contributed by atoms with van der Waals surface area (Å²) in [5.41, 5.74) is 0.113. The van der Waals surface area contributed by atoms with Crippen LogP contribution in [0, 0.1) is 0 Å². The molecule has 96 valence electrons. The molecule has 0 bridgehead atoms. The molecule has 1 aromatic rings. The minimum atomic E-state index is -1.20. The third kappa shape index (κ3) is 3.74. The van der Waals surface area contributed by atoms with Gasteiger partial charge in [-0.25, -0.2) is 9.78 Å². The van der Waals surface area contributed by atoms with Gasteiger partial charge in [0, 0.05) is 12.0 Å². The summed E-state index contributed by atoms with van der Waals surface area (Å²) in [7, 11) is 0. The molecule has 1 rings (SSSR count). The minimum absolute atomic E-state index is 0.0511. The lowest BCUT2D eigenvalue weighted by molar-refractivity contribution is 0.00394. The zero-order valence-corrected chi connectivity index (χ0v) is 10.2. The normalized spacial score (nSPS) is 14.4. The van der Waals surface area contributed by atoms with Crippen LogP contribution in [0.15, 0.2) is 5.38 Å². The minimum Gasteiger partial charge on any atom is -0.461 e. The molecule has 0 aliphatic rings. The Balaban J connectivity index is 2.70. The second-order valence-electron chi connectivity index (χ2n) is 3.32. The Hall–Kier alpha value is -1.02. The predicted molar refractivity (Wildman–Crippen MR) is 60.7 cm³/mol. The number of carbonyl (C=O) groups excluding carboxylic acids is 1. The zero-order chi connectivity index (χ0) is 12.8. The van der Waals surface area contributed by atoms with E-state index in [1.54, 1.807) is 6.92 Å². The standard InChI is InChI=1S/C10H15NO5S/c1-2-16-10(15)6-5-17-9(11-6)8(14)7(13)3-4-12/h5,7-8,12-14H,2-4H2,1H3. The van der Waals surface area contributed by atoms with Gasteiger partial charge < -0.3 is 20.1 Å². The fourth-order valence-electron chi connectivity index (χ4n) is 1.18. The number of nitrogens with zero attached hydrogens (tertiary/aromatic N) is 1. The van der Waals surface area contributed by atoms with Crippen molar-refractivity contribution in [3.63, 3.8) is 0 Å². The Morgan fingerprint density at radius 3 is 2.88 bits per heavy atom. The van der Waals surface area contributed by atoms with Gasteiger partial charge in [0.15, 0.2) is 5.69 Å². The Bertz CT molecular complexity index is 367. The van der Waals surface area contributed by atoms with Crippen LogP contribution in [-0.4, -0.2) is 45.6 Å². The van der Waals surface area contributed by atoms with Crippen molar-refractivity contribution in [2.24, 2.45) is 0 Å². The van der Waals surface area contributed by atoms with Gasteiger partial charge in [0.25, 0.3) is 0 Å². The second-order valence-corrected chi connectivity index (χ2v) is 4.21. The first-order valence-electron chi connectivity index (χ1n) is 5.19. The highest BCUT2D eigenvalue weighted by molar-refractivity contribution is 7.09.